The first-order valence-corrected chi connectivity index (χ1v) is 6.78. The number of anilines is 1. The van der Waals surface area contributed by atoms with E-state index in [-0.39, 0.29) is 11.7 Å². The predicted molar refractivity (Wildman–Crippen MR) is 74.9 cm³/mol. The van der Waals surface area contributed by atoms with Crippen LogP contribution in [-0.2, 0) is 13.5 Å². The Bertz CT molecular complexity index is 665. The lowest BCUT2D eigenvalue weighted by Gasteiger charge is -2.17. The number of fused-ring (bicyclic) bond motifs is 1. The Morgan fingerprint density at radius 3 is 2.84 bits per heavy atom. The van der Waals surface area contributed by atoms with Gasteiger partial charge in [-0.3, -0.25) is 4.79 Å². The molecule has 0 radical (unpaired) electrons. The molecule has 1 aliphatic rings. The zero-order chi connectivity index (χ0) is 13.6. The Morgan fingerprint density at radius 2 is 2.16 bits per heavy atom. The summed E-state index contributed by atoms with van der Waals surface area (Å²) in [4.78, 5) is 14.2. The van der Waals surface area contributed by atoms with Crippen LogP contribution in [0, 0.1) is 5.82 Å². The number of hydrogen-bond donors (Lipinski definition) is 0. The Labute approximate surface area is 118 Å². The molecule has 1 aliphatic heterocycles. The Kier molecular flexibility index (Phi) is 2.93. The molecule has 0 spiro atoms. The van der Waals surface area contributed by atoms with Crippen LogP contribution in [0.5, 0.6) is 0 Å². The quantitative estimate of drug-likeness (QED) is 0.791. The molecular weight excluding hydrogens is 311 g/mol. The smallest absolute Gasteiger partial charge is 0.274 e. The minimum atomic E-state index is -0.313. The zero-order valence-corrected chi connectivity index (χ0v) is 11.9. The van der Waals surface area contributed by atoms with Gasteiger partial charge in [0.15, 0.2) is 0 Å². The van der Waals surface area contributed by atoms with Gasteiger partial charge in [0.1, 0.15) is 11.5 Å². The summed E-state index contributed by atoms with van der Waals surface area (Å²) in [7, 11) is 1.82. The summed E-state index contributed by atoms with van der Waals surface area (Å²) in [5.41, 5.74) is 2.29. The first-order valence-electron chi connectivity index (χ1n) is 5.98. The van der Waals surface area contributed by atoms with Gasteiger partial charge >= 0.3 is 0 Å². The molecule has 0 N–H and O–H groups in total. The lowest BCUT2D eigenvalue weighted by atomic mass is 10.2. The lowest BCUT2D eigenvalue weighted by molar-refractivity contribution is 0.0981. The highest BCUT2D eigenvalue weighted by atomic mass is 79.9. The number of halogens is 2. The molecule has 98 valence electrons. The molecule has 2 heterocycles. The zero-order valence-electron chi connectivity index (χ0n) is 10.4. The van der Waals surface area contributed by atoms with Crippen LogP contribution in [-0.4, -0.2) is 17.0 Å². The Morgan fingerprint density at radius 1 is 1.37 bits per heavy atom. The topological polar surface area (TPSA) is 25.2 Å². The fourth-order valence-corrected chi connectivity index (χ4v) is 2.96. The molecule has 3 rings (SSSR count). The molecule has 0 bridgehead atoms. The third-order valence-corrected chi connectivity index (χ3v) is 3.81. The first-order chi connectivity index (χ1) is 9.06. The van der Waals surface area contributed by atoms with Crippen molar-refractivity contribution < 1.29 is 9.18 Å². The molecule has 0 saturated carbocycles. The first kappa shape index (κ1) is 12.4. The van der Waals surface area contributed by atoms with E-state index in [9.17, 15) is 9.18 Å². The summed E-state index contributed by atoms with van der Waals surface area (Å²) < 4.78 is 16.0. The van der Waals surface area contributed by atoms with Crippen molar-refractivity contribution in [1.82, 2.24) is 4.57 Å². The van der Waals surface area contributed by atoms with Crippen LogP contribution in [0.15, 0.2) is 34.9 Å². The van der Waals surface area contributed by atoms with Gasteiger partial charge in [-0.1, -0.05) is 6.07 Å². The number of amides is 1. The van der Waals surface area contributed by atoms with Crippen LogP contribution in [0.1, 0.15) is 16.1 Å². The molecule has 1 amide bonds. The molecule has 19 heavy (non-hydrogen) atoms. The van der Waals surface area contributed by atoms with Crippen LogP contribution in [0.25, 0.3) is 0 Å². The van der Waals surface area contributed by atoms with Gasteiger partial charge < -0.3 is 9.47 Å². The van der Waals surface area contributed by atoms with Crippen LogP contribution < -0.4 is 4.90 Å². The highest BCUT2D eigenvalue weighted by molar-refractivity contribution is 9.10. The van der Waals surface area contributed by atoms with E-state index in [1.54, 1.807) is 21.6 Å². The van der Waals surface area contributed by atoms with Crippen LogP contribution in [0.3, 0.4) is 0 Å². The molecule has 0 unspecified atom stereocenters. The summed E-state index contributed by atoms with van der Waals surface area (Å²) >= 11 is 3.35. The average Bonchev–Trinajstić information content (AvgIpc) is 2.91. The third kappa shape index (κ3) is 2.08. The Hall–Kier alpha value is -1.62. The molecular formula is C14H12BrFN2O. The highest BCUT2D eigenvalue weighted by Crippen LogP contribution is 2.30. The second-order valence-corrected chi connectivity index (χ2v) is 5.55. The van der Waals surface area contributed by atoms with E-state index >= 15 is 0 Å². The van der Waals surface area contributed by atoms with Gasteiger partial charge in [0.2, 0.25) is 0 Å². The molecule has 5 heteroatoms. The molecule has 0 saturated heterocycles. The number of hydrogen-bond acceptors (Lipinski definition) is 1. The van der Waals surface area contributed by atoms with Crippen LogP contribution in [0.2, 0.25) is 0 Å². The van der Waals surface area contributed by atoms with E-state index in [1.165, 1.54) is 12.1 Å². The minimum Gasteiger partial charge on any atom is -0.345 e. The van der Waals surface area contributed by atoms with E-state index in [1.807, 2.05) is 13.2 Å². The average molecular weight is 323 g/mol. The standard InChI is InChI=1S/C14H12BrFN2O/c1-17-8-10(15)6-13(17)14(19)18-5-4-9-2-3-11(16)7-12(9)18/h2-3,6-8H,4-5H2,1H3. The number of carbonyl (C=O) groups excluding carboxylic acids is 1. The fraction of sp³-hybridized carbons (Fsp3) is 0.214. The third-order valence-electron chi connectivity index (χ3n) is 3.38. The van der Waals surface area contributed by atoms with Crippen molar-refractivity contribution in [3.05, 3.63) is 52.0 Å². The van der Waals surface area contributed by atoms with Gasteiger partial charge in [0, 0.05) is 24.3 Å². The van der Waals surface area contributed by atoms with E-state index in [0.29, 0.717) is 17.9 Å². The van der Waals surface area contributed by atoms with Crippen molar-refractivity contribution in [3.8, 4) is 0 Å². The Balaban J connectivity index is 2.00. The number of carbonyl (C=O) groups is 1. The molecule has 3 nitrogen and oxygen atoms in total. The summed E-state index contributed by atoms with van der Waals surface area (Å²) in [5.74, 6) is -0.413. The molecule has 2 aromatic rings. The van der Waals surface area contributed by atoms with Crippen molar-refractivity contribution in [2.45, 2.75) is 6.42 Å². The normalized spacial score (nSPS) is 13.7. The van der Waals surface area contributed by atoms with E-state index < -0.39 is 0 Å². The minimum absolute atomic E-state index is 0.0995. The second kappa shape index (κ2) is 4.49. The second-order valence-electron chi connectivity index (χ2n) is 4.63. The summed E-state index contributed by atoms with van der Waals surface area (Å²) in [6.07, 6.45) is 2.60. The van der Waals surface area contributed by atoms with Crippen molar-refractivity contribution >= 4 is 27.5 Å². The van der Waals surface area contributed by atoms with Crippen LogP contribution in [0.4, 0.5) is 10.1 Å². The highest BCUT2D eigenvalue weighted by Gasteiger charge is 2.27. The summed E-state index contributed by atoms with van der Waals surface area (Å²) in [5, 5.41) is 0. The number of nitrogens with zero attached hydrogens (tertiary/aromatic N) is 2. The SMILES string of the molecule is Cn1cc(Br)cc1C(=O)N1CCc2ccc(F)cc21. The van der Waals surface area contributed by atoms with Gasteiger partial charge in [0.25, 0.3) is 5.91 Å². The number of rotatable bonds is 1. The molecule has 0 aliphatic carbocycles. The molecule has 0 fully saturated rings. The molecule has 1 aromatic carbocycles. The van der Waals surface area contributed by atoms with Gasteiger partial charge in [-0.2, -0.15) is 0 Å². The van der Waals surface area contributed by atoms with Gasteiger partial charge in [-0.25, -0.2) is 4.39 Å². The van der Waals surface area contributed by atoms with Crippen molar-refractivity contribution in [3.63, 3.8) is 0 Å². The molecule has 0 atom stereocenters. The van der Waals surface area contributed by atoms with Gasteiger partial charge in [-0.05, 0) is 46.1 Å². The largest absolute Gasteiger partial charge is 0.345 e. The number of benzene rings is 1. The predicted octanol–water partition coefficient (Wildman–Crippen LogP) is 3.13. The summed E-state index contributed by atoms with van der Waals surface area (Å²) in [6.45, 7) is 0.598. The van der Waals surface area contributed by atoms with E-state index in [2.05, 4.69) is 15.9 Å². The fourth-order valence-electron chi connectivity index (χ4n) is 2.44. The van der Waals surface area contributed by atoms with Crippen molar-refractivity contribution in [2.75, 3.05) is 11.4 Å². The van der Waals surface area contributed by atoms with Gasteiger partial charge in [0.05, 0.1) is 5.69 Å². The number of aryl methyl sites for hydroxylation is 1. The van der Waals surface area contributed by atoms with Crippen molar-refractivity contribution in [2.24, 2.45) is 7.05 Å². The van der Waals surface area contributed by atoms with Crippen LogP contribution >= 0.6 is 15.9 Å². The van der Waals surface area contributed by atoms with E-state index in [4.69, 9.17) is 0 Å². The maximum absolute atomic E-state index is 13.3. The summed E-state index contributed by atoms with van der Waals surface area (Å²) in [6, 6.07) is 6.39. The van der Waals surface area contributed by atoms with Gasteiger partial charge in [-0.15, -0.1) is 0 Å². The number of aromatic nitrogens is 1. The maximum atomic E-state index is 13.3. The van der Waals surface area contributed by atoms with E-state index in [0.717, 1.165) is 16.5 Å². The van der Waals surface area contributed by atoms with Crippen molar-refractivity contribution in [1.29, 1.82) is 0 Å². The molecule has 1 aromatic heterocycles. The lowest BCUT2D eigenvalue weighted by Crippen LogP contribution is -2.30. The maximum Gasteiger partial charge on any atom is 0.274 e. The monoisotopic (exact) mass is 322 g/mol.